The van der Waals surface area contributed by atoms with Crippen LogP contribution in [-0.4, -0.2) is 47.9 Å². The van der Waals surface area contributed by atoms with Gasteiger partial charge in [0.05, 0.1) is 6.26 Å². The molecule has 1 aromatic rings. The van der Waals surface area contributed by atoms with E-state index in [4.69, 9.17) is 4.42 Å². The number of hydrogen-bond acceptors (Lipinski definition) is 3. The predicted molar refractivity (Wildman–Crippen MR) is 59.2 cm³/mol. The summed E-state index contributed by atoms with van der Waals surface area (Å²) in [6, 6.07) is 4.30. The SMILES string of the molecule is O=C(c1ccco1)N1CCN(C2CC2)CC1. The van der Waals surface area contributed by atoms with Gasteiger partial charge in [-0.05, 0) is 25.0 Å². The molecule has 0 radical (unpaired) electrons. The van der Waals surface area contributed by atoms with Crippen molar-refractivity contribution in [3.8, 4) is 0 Å². The highest BCUT2D eigenvalue weighted by atomic mass is 16.3. The van der Waals surface area contributed by atoms with Crippen molar-refractivity contribution in [1.82, 2.24) is 9.80 Å². The van der Waals surface area contributed by atoms with Crippen molar-refractivity contribution in [1.29, 1.82) is 0 Å². The number of rotatable bonds is 2. The molecule has 4 heteroatoms. The molecule has 0 spiro atoms. The van der Waals surface area contributed by atoms with Crippen LogP contribution < -0.4 is 0 Å². The first kappa shape index (κ1) is 9.90. The van der Waals surface area contributed by atoms with Gasteiger partial charge in [-0.1, -0.05) is 0 Å². The molecule has 3 rings (SSSR count). The third-order valence-electron chi connectivity index (χ3n) is 3.40. The minimum Gasteiger partial charge on any atom is -0.459 e. The van der Waals surface area contributed by atoms with Crippen LogP contribution in [-0.2, 0) is 0 Å². The van der Waals surface area contributed by atoms with Crippen molar-refractivity contribution >= 4 is 5.91 Å². The van der Waals surface area contributed by atoms with Gasteiger partial charge in [-0.3, -0.25) is 9.69 Å². The van der Waals surface area contributed by atoms with Gasteiger partial charge in [0.1, 0.15) is 0 Å². The van der Waals surface area contributed by atoms with Gasteiger partial charge in [0.25, 0.3) is 5.91 Å². The molecule has 0 unspecified atom stereocenters. The number of hydrogen-bond donors (Lipinski definition) is 0. The molecule has 2 fully saturated rings. The average molecular weight is 220 g/mol. The highest BCUT2D eigenvalue weighted by molar-refractivity contribution is 5.91. The maximum absolute atomic E-state index is 12.0. The first-order chi connectivity index (χ1) is 7.84. The van der Waals surface area contributed by atoms with E-state index in [9.17, 15) is 4.79 Å². The Morgan fingerprint density at radius 2 is 2.00 bits per heavy atom. The summed E-state index contributed by atoms with van der Waals surface area (Å²) in [4.78, 5) is 16.3. The van der Waals surface area contributed by atoms with Gasteiger partial charge in [0, 0.05) is 32.2 Å². The predicted octanol–water partition coefficient (Wildman–Crippen LogP) is 1.20. The number of carbonyl (C=O) groups is 1. The fourth-order valence-corrected chi connectivity index (χ4v) is 2.29. The second-order valence-corrected chi connectivity index (χ2v) is 4.54. The summed E-state index contributed by atoms with van der Waals surface area (Å²) in [6.07, 6.45) is 4.23. The van der Waals surface area contributed by atoms with Crippen molar-refractivity contribution in [2.24, 2.45) is 0 Å². The Kier molecular flexibility index (Phi) is 2.44. The molecular formula is C12H16N2O2. The van der Waals surface area contributed by atoms with E-state index in [1.54, 1.807) is 18.4 Å². The smallest absolute Gasteiger partial charge is 0.289 e. The summed E-state index contributed by atoms with van der Waals surface area (Å²) >= 11 is 0. The first-order valence-electron chi connectivity index (χ1n) is 5.91. The van der Waals surface area contributed by atoms with Crippen LogP contribution in [0.5, 0.6) is 0 Å². The van der Waals surface area contributed by atoms with Crippen LogP contribution in [0.1, 0.15) is 23.4 Å². The van der Waals surface area contributed by atoms with Gasteiger partial charge >= 0.3 is 0 Å². The van der Waals surface area contributed by atoms with Crippen molar-refractivity contribution in [3.63, 3.8) is 0 Å². The maximum atomic E-state index is 12.0. The summed E-state index contributed by atoms with van der Waals surface area (Å²) in [5, 5.41) is 0. The van der Waals surface area contributed by atoms with Crippen LogP contribution in [0.2, 0.25) is 0 Å². The molecule has 0 bridgehead atoms. The third-order valence-corrected chi connectivity index (χ3v) is 3.40. The Hall–Kier alpha value is -1.29. The standard InChI is InChI=1S/C12H16N2O2/c15-12(11-2-1-9-16-11)14-7-5-13(6-8-14)10-3-4-10/h1-2,9-10H,3-8H2. The van der Waals surface area contributed by atoms with Gasteiger partial charge in [-0.15, -0.1) is 0 Å². The molecule has 1 saturated heterocycles. The molecule has 1 amide bonds. The molecule has 0 aromatic carbocycles. The molecule has 0 N–H and O–H groups in total. The topological polar surface area (TPSA) is 36.7 Å². The van der Waals surface area contributed by atoms with E-state index in [-0.39, 0.29) is 5.91 Å². The van der Waals surface area contributed by atoms with Crippen LogP contribution in [0.3, 0.4) is 0 Å². The number of amides is 1. The maximum Gasteiger partial charge on any atom is 0.289 e. The minimum absolute atomic E-state index is 0.0282. The number of nitrogens with zero attached hydrogens (tertiary/aromatic N) is 2. The number of carbonyl (C=O) groups excluding carboxylic acids is 1. The van der Waals surface area contributed by atoms with E-state index in [1.807, 2.05) is 4.90 Å². The molecule has 2 heterocycles. The molecule has 2 aliphatic rings. The molecule has 1 saturated carbocycles. The molecule has 1 aromatic heterocycles. The Morgan fingerprint density at radius 3 is 2.56 bits per heavy atom. The number of piperazine rings is 1. The highest BCUT2D eigenvalue weighted by Crippen LogP contribution is 2.27. The van der Waals surface area contributed by atoms with E-state index in [0.717, 1.165) is 32.2 Å². The summed E-state index contributed by atoms with van der Waals surface area (Å²) in [7, 11) is 0. The van der Waals surface area contributed by atoms with Crippen LogP contribution in [0.25, 0.3) is 0 Å². The van der Waals surface area contributed by atoms with E-state index >= 15 is 0 Å². The van der Waals surface area contributed by atoms with E-state index in [2.05, 4.69) is 4.90 Å². The minimum atomic E-state index is 0.0282. The Bertz CT molecular complexity index is 362. The van der Waals surface area contributed by atoms with Crippen LogP contribution >= 0.6 is 0 Å². The molecule has 86 valence electrons. The lowest BCUT2D eigenvalue weighted by atomic mass is 10.3. The van der Waals surface area contributed by atoms with Crippen molar-refractivity contribution < 1.29 is 9.21 Å². The van der Waals surface area contributed by atoms with E-state index in [0.29, 0.717) is 5.76 Å². The van der Waals surface area contributed by atoms with E-state index < -0.39 is 0 Å². The second-order valence-electron chi connectivity index (χ2n) is 4.54. The lowest BCUT2D eigenvalue weighted by Crippen LogP contribution is -2.49. The second kappa shape index (κ2) is 3.94. The lowest BCUT2D eigenvalue weighted by molar-refractivity contribution is 0.0596. The van der Waals surface area contributed by atoms with Crippen molar-refractivity contribution in [3.05, 3.63) is 24.2 Å². The fourth-order valence-electron chi connectivity index (χ4n) is 2.29. The Balaban J connectivity index is 1.59. The quantitative estimate of drug-likeness (QED) is 0.751. The molecule has 4 nitrogen and oxygen atoms in total. The molecular weight excluding hydrogens is 204 g/mol. The first-order valence-corrected chi connectivity index (χ1v) is 5.91. The lowest BCUT2D eigenvalue weighted by Gasteiger charge is -2.34. The van der Waals surface area contributed by atoms with Gasteiger partial charge < -0.3 is 9.32 Å². The van der Waals surface area contributed by atoms with Gasteiger partial charge in [-0.25, -0.2) is 0 Å². The zero-order chi connectivity index (χ0) is 11.0. The Morgan fingerprint density at radius 1 is 1.25 bits per heavy atom. The fraction of sp³-hybridized carbons (Fsp3) is 0.583. The van der Waals surface area contributed by atoms with Crippen LogP contribution in [0, 0.1) is 0 Å². The Labute approximate surface area is 94.8 Å². The van der Waals surface area contributed by atoms with Gasteiger partial charge in [0.2, 0.25) is 0 Å². The van der Waals surface area contributed by atoms with E-state index in [1.165, 1.54) is 12.8 Å². The van der Waals surface area contributed by atoms with Crippen molar-refractivity contribution in [2.75, 3.05) is 26.2 Å². The summed E-state index contributed by atoms with van der Waals surface area (Å²) in [5.41, 5.74) is 0. The largest absolute Gasteiger partial charge is 0.459 e. The molecule has 0 atom stereocenters. The van der Waals surface area contributed by atoms with Gasteiger partial charge in [-0.2, -0.15) is 0 Å². The number of furan rings is 1. The monoisotopic (exact) mass is 220 g/mol. The van der Waals surface area contributed by atoms with Crippen LogP contribution in [0.15, 0.2) is 22.8 Å². The van der Waals surface area contributed by atoms with Crippen molar-refractivity contribution in [2.45, 2.75) is 18.9 Å². The normalized spacial score (nSPS) is 22.4. The molecule has 16 heavy (non-hydrogen) atoms. The average Bonchev–Trinajstić information content (AvgIpc) is 3.04. The summed E-state index contributed by atoms with van der Waals surface area (Å²) in [6.45, 7) is 3.68. The zero-order valence-corrected chi connectivity index (χ0v) is 9.26. The molecule has 1 aliphatic carbocycles. The van der Waals surface area contributed by atoms with Gasteiger partial charge in [0.15, 0.2) is 5.76 Å². The summed E-state index contributed by atoms with van der Waals surface area (Å²) in [5.74, 6) is 0.486. The van der Waals surface area contributed by atoms with Crippen LogP contribution in [0.4, 0.5) is 0 Å². The zero-order valence-electron chi connectivity index (χ0n) is 9.26. The summed E-state index contributed by atoms with van der Waals surface area (Å²) < 4.78 is 5.13. The third kappa shape index (κ3) is 1.85. The molecule has 1 aliphatic heterocycles. The highest BCUT2D eigenvalue weighted by Gasteiger charge is 2.32.